The van der Waals surface area contributed by atoms with E-state index in [9.17, 15) is 5.11 Å². The van der Waals surface area contributed by atoms with Gasteiger partial charge in [0.2, 0.25) is 0 Å². The fourth-order valence-electron chi connectivity index (χ4n) is 2.64. The lowest BCUT2D eigenvalue weighted by Gasteiger charge is -2.27. The van der Waals surface area contributed by atoms with Gasteiger partial charge in [-0.2, -0.15) is 0 Å². The topological polar surface area (TPSA) is 46.2 Å². The Labute approximate surface area is 91.1 Å². The van der Waals surface area contributed by atoms with E-state index in [4.69, 9.17) is 5.73 Å². The Balaban J connectivity index is 2.16. The molecule has 1 fully saturated rings. The Morgan fingerprint density at radius 2 is 1.87 bits per heavy atom. The Morgan fingerprint density at radius 1 is 1.20 bits per heavy atom. The lowest BCUT2D eigenvalue weighted by Crippen LogP contribution is -2.29. The molecule has 0 amide bonds. The van der Waals surface area contributed by atoms with Gasteiger partial charge in [-0.15, -0.1) is 0 Å². The van der Waals surface area contributed by atoms with Crippen molar-refractivity contribution in [2.24, 2.45) is 11.1 Å². The zero-order chi connectivity index (χ0) is 10.7. The summed E-state index contributed by atoms with van der Waals surface area (Å²) in [7, 11) is 0. The molecule has 2 heteroatoms. The Hall–Kier alpha value is -1.02. The number of aromatic hydroxyl groups is 1. The number of hydrogen-bond acceptors (Lipinski definition) is 2. The van der Waals surface area contributed by atoms with E-state index in [1.54, 1.807) is 6.07 Å². The molecule has 1 aliphatic carbocycles. The quantitative estimate of drug-likeness (QED) is 0.796. The van der Waals surface area contributed by atoms with Crippen LogP contribution in [0.3, 0.4) is 0 Å². The summed E-state index contributed by atoms with van der Waals surface area (Å²) in [5.41, 5.74) is 7.18. The molecular formula is C13H19NO. The molecule has 0 atom stereocenters. The second kappa shape index (κ2) is 4.23. The Kier molecular flexibility index (Phi) is 2.96. The summed E-state index contributed by atoms with van der Waals surface area (Å²) in [6.07, 6.45) is 5.90. The molecule has 1 aliphatic rings. The van der Waals surface area contributed by atoms with E-state index in [1.165, 1.54) is 25.7 Å². The smallest absolute Gasteiger partial charge is 0.118 e. The molecule has 0 saturated heterocycles. The Morgan fingerprint density at radius 3 is 2.47 bits per heavy atom. The number of nitrogens with two attached hydrogens (primary N) is 1. The lowest BCUT2D eigenvalue weighted by molar-refractivity contribution is 0.302. The molecule has 82 valence electrons. The van der Waals surface area contributed by atoms with Gasteiger partial charge in [0.1, 0.15) is 5.75 Å². The van der Waals surface area contributed by atoms with Crippen LogP contribution in [0.2, 0.25) is 0 Å². The summed E-state index contributed by atoms with van der Waals surface area (Å²) >= 11 is 0. The highest BCUT2D eigenvalue weighted by atomic mass is 16.3. The fraction of sp³-hybridized carbons (Fsp3) is 0.538. The summed E-state index contributed by atoms with van der Waals surface area (Å²) in [6, 6.07) is 7.61. The molecule has 1 aromatic rings. The van der Waals surface area contributed by atoms with Gasteiger partial charge >= 0.3 is 0 Å². The fourth-order valence-corrected chi connectivity index (χ4v) is 2.64. The average molecular weight is 205 g/mol. The molecule has 0 aliphatic heterocycles. The molecular weight excluding hydrogens is 186 g/mol. The summed E-state index contributed by atoms with van der Waals surface area (Å²) in [5, 5.41) is 9.74. The first-order valence-corrected chi connectivity index (χ1v) is 5.73. The van der Waals surface area contributed by atoms with Gasteiger partial charge in [0.05, 0.1) is 0 Å². The van der Waals surface area contributed by atoms with Crippen molar-refractivity contribution in [2.75, 3.05) is 6.54 Å². The minimum absolute atomic E-state index is 0.249. The standard InChI is InChI=1S/C13H19NO/c14-10-13(7-3-4-8-13)9-11-5-1-2-6-12(11)15/h1-2,5-6,15H,3-4,7-10,14H2. The Bertz CT molecular complexity index is 329. The van der Waals surface area contributed by atoms with Gasteiger partial charge in [-0.25, -0.2) is 0 Å². The maximum Gasteiger partial charge on any atom is 0.118 e. The van der Waals surface area contributed by atoms with E-state index in [0.29, 0.717) is 5.75 Å². The van der Waals surface area contributed by atoms with Crippen molar-refractivity contribution in [3.63, 3.8) is 0 Å². The third kappa shape index (κ3) is 2.15. The molecule has 0 aromatic heterocycles. The van der Waals surface area contributed by atoms with Crippen molar-refractivity contribution >= 4 is 0 Å². The highest BCUT2D eigenvalue weighted by Crippen LogP contribution is 2.41. The van der Waals surface area contributed by atoms with E-state index in [0.717, 1.165) is 18.5 Å². The zero-order valence-electron chi connectivity index (χ0n) is 9.08. The van der Waals surface area contributed by atoms with Crippen LogP contribution in [0.25, 0.3) is 0 Å². The molecule has 0 radical (unpaired) electrons. The first-order valence-electron chi connectivity index (χ1n) is 5.73. The van der Waals surface area contributed by atoms with Gasteiger partial charge in [0, 0.05) is 0 Å². The third-order valence-electron chi connectivity index (χ3n) is 3.65. The van der Waals surface area contributed by atoms with Crippen molar-refractivity contribution in [1.82, 2.24) is 0 Å². The van der Waals surface area contributed by atoms with Gasteiger partial charge in [0.15, 0.2) is 0 Å². The molecule has 15 heavy (non-hydrogen) atoms. The van der Waals surface area contributed by atoms with Crippen LogP contribution in [-0.2, 0) is 6.42 Å². The predicted molar refractivity (Wildman–Crippen MR) is 61.8 cm³/mol. The van der Waals surface area contributed by atoms with Crippen molar-refractivity contribution in [1.29, 1.82) is 0 Å². The van der Waals surface area contributed by atoms with Crippen LogP contribution in [0.15, 0.2) is 24.3 Å². The second-order valence-electron chi connectivity index (χ2n) is 4.72. The molecule has 1 aromatic carbocycles. The molecule has 0 spiro atoms. The van der Waals surface area contributed by atoms with Gasteiger partial charge in [-0.1, -0.05) is 31.0 Å². The van der Waals surface area contributed by atoms with Crippen molar-refractivity contribution in [3.05, 3.63) is 29.8 Å². The van der Waals surface area contributed by atoms with E-state index in [-0.39, 0.29) is 5.41 Å². The summed E-state index contributed by atoms with van der Waals surface area (Å²) < 4.78 is 0. The highest BCUT2D eigenvalue weighted by molar-refractivity contribution is 5.32. The minimum Gasteiger partial charge on any atom is -0.508 e. The van der Waals surface area contributed by atoms with E-state index >= 15 is 0 Å². The number of hydrogen-bond donors (Lipinski definition) is 2. The second-order valence-corrected chi connectivity index (χ2v) is 4.72. The lowest BCUT2D eigenvalue weighted by atomic mass is 9.80. The highest BCUT2D eigenvalue weighted by Gasteiger charge is 2.32. The normalized spacial score (nSPS) is 19.3. The van der Waals surface area contributed by atoms with E-state index in [1.807, 2.05) is 18.2 Å². The van der Waals surface area contributed by atoms with Crippen molar-refractivity contribution < 1.29 is 5.11 Å². The molecule has 2 nitrogen and oxygen atoms in total. The van der Waals surface area contributed by atoms with Crippen LogP contribution in [0.4, 0.5) is 0 Å². The van der Waals surface area contributed by atoms with Crippen LogP contribution in [-0.4, -0.2) is 11.7 Å². The monoisotopic (exact) mass is 205 g/mol. The summed E-state index contributed by atoms with van der Waals surface area (Å²) in [4.78, 5) is 0. The van der Waals surface area contributed by atoms with Gasteiger partial charge in [-0.05, 0) is 42.9 Å². The molecule has 0 heterocycles. The number of phenols is 1. The van der Waals surface area contributed by atoms with Crippen LogP contribution in [0.1, 0.15) is 31.2 Å². The van der Waals surface area contributed by atoms with Gasteiger partial charge in [-0.3, -0.25) is 0 Å². The van der Waals surface area contributed by atoms with E-state index < -0.39 is 0 Å². The first-order chi connectivity index (χ1) is 7.26. The van der Waals surface area contributed by atoms with Crippen LogP contribution in [0, 0.1) is 5.41 Å². The largest absolute Gasteiger partial charge is 0.508 e. The molecule has 1 saturated carbocycles. The minimum atomic E-state index is 0.249. The third-order valence-corrected chi connectivity index (χ3v) is 3.65. The zero-order valence-corrected chi connectivity index (χ0v) is 9.08. The maximum absolute atomic E-state index is 9.74. The molecule has 2 rings (SSSR count). The average Bonchev–Trinajstić information content (AvgIpc) is 2.71. The van der Waals surface area contributed by atoms with Crippen LogP contribution >= 0.6 is 0 Å². The maximum atomic E-state index is 9.74. The van der Waals surface area contributed by atoms with Crippen LogP contribution < -0.4 is 5.73 Å². The molecule has 0 unspecified atom stereocenters. The number of para-hydroxylation sites is 1. The van der Waals surface area contributed by atoms with E-state index in [2.05, 4.69) is 0 Å². The first kappa shape index (κ1) is 10.5. The summed E-state index contributed by atoms with van der Waals surface area (Å²) in [6.45, 7) is 0.737. The van der Waals surface area contributed by atoms with Gasteiger partial charge < -0.3 is 10.8 Å². The predicted octanol–water partition coefficient (Wildman–Crippen LogP) is 2.45. The van der Waals surface area contributed by atoms with Crippen LogP contribution in [0.5, 0.6) is 5.75 Å². The number of benzene rings is 1. The van der Waals surface area contributed by atoms with Crippen molar-refractivity contribution in [2.45, 2.75) is 32.1 Å². The molecule has 0 bridgehead atoms. The molecule has 3 N–H and O–H groups in total. The number of rotatable bonds is 3. The van der Waals surface area contributed by atoms with Gasteiger partial charge in [0.25, 0.3) is 0 Å². The summed E-state index contributed by atoms with van der Waals surface area (Å²) in [5.74, 6) is 0.414. The number of phenolic OH excluding ortho intramolecular Hbond substituents is 1. The van der Waals surface area contributed by atoms with Crippen molar-refractivity contribution in [3.8, 4) is 5.75 Å². The SMILES string of the molecule is NCC1(Cc2ccccc2O)CCCC1.